The van der Waals surface area contributed by atoms with Gasteiger partial charge in [-0.3, -0.25) is 0 Å². The minimum absolute atomic E-state index is 0.358. The maximum absolute atomic E-state index is 2.48. The molecule has 9 aromatic rings. The van der Waals surface area contributed by atoms with E-state index in [1.165, 1.54) is 120 Å². The van der Waals surface area contributed by atoms with Crippen LogP contribution in [0.1, 0.15) is 59.4 Å². The van der Waals surface area contributed by atoms with Crippen molar-refractivity contribution in [1.29, 1.82) is 0 Å². The molecule has 0 N–H and O–H groups in total. The van der Waals surface area contributed by atoms with Gasteiger partial charge in [-0.2, -0.15) is 0 Å². The average molecular weight is 780 g/mol. The van der Waals surface area contributed by atoms with E-state index < -0.39 is 0 Å². The van der Waals surface area contributed by atoms with E-state index in [0.717, 1.165) is 17.5 Å². The number of fused-ring (bicyclic) bond motifs is 13. The molecule has 290 valence electrons. The highest BCUT2D eigenvalue weighted by molar-refractivity contribution is 6.06. The van der Waals surface area contributed by atoms with Gasteiger partial charge >= 0.3 is 0 Å². The molecule has 2 saturated carbocycles. The minimum atomic E-state index is -0.358. The molecule has 0 aliphatic heterocycles. The van der Waals surface area contributed by atoms with E-state index in [1.54, 1.807) is 0 Å². The van der Waals surface area contributed by atoms with Gasteiger partial charge in [0.25, 0.3) is 0 Å². The quantitative estimate of drug-likeness (QED) is 0.162. The number of nitrogens with zero attached hydrogens (tertiary/aromatic N) is 1. The molecule has 3 unspecified atom stereocenters. The Labute approximate surface area is 358 Å². The monoisotopic (exact) mass is 779 g/mol. The highest BCUT2D eigenvalue weighted by Crippen LogP contribution is 2.63. The van der Waals surface area contributed by atoms with Gasteiger partial charge in [0.2, 0.25) is 0 Å². The second-order valence-corrected chi connectivity index (χ2v) is 17.9. The molecule has 0 radical (unpaired) electrons. The second-order valence-electron chi connectivity index (χ2n) is 17.9. The first-order valence-electron chi connectivity index (χ1n) is 22.3. The molecule has 4 aliphatic rings. The van der Waals surface area contributed by atoms with Crippen molar-refractivity contribution in [1.82, 2.24) is 0 Å². The third kappa shape index (κ3) is 5.13. The molecule has 9 aromatic carbocycles. The van der Waals surface area contributed by atoms with Crippen LogP contribution in [-0.4, -0.2) is 0 Å². The van der Waals surface area contributed by atoms with Crippen molar-refractivity contribution in [2.45, 2.75) is 37.0 Å². The molecule has 3 atom stereocenters. The maximum Gasteiger partial charge on any atom is 0.0725 e. The second kappa shape index (κ2) is 13.5. The summed E-state index contributed by atoms with van der Waals surface area (Å²) in [4.78, 5) is 2.48. The van der Waals surface area contributed by atoms with E-state index in [9.17, 15) is 0 Å². The van der Waals surface area contributed by atoms with Crippen LogP contribution >= 0.6 is 0 Å². The zero-order chi connectivity index (χ0) is 40.1. The fourth-order valence-electron chi connectivity index (χ4n) is 12.4. The van der Waals surface area contributed by atoms with Gasteiger partial charge in [0.05, 0.1) is 5.41 Å². The Morgan fingerprint density at radius 3 is 1.48 bits per heavy atom. The van der Waals surface area contributed by atoms with Crippen LogP contribution in [-0.2, 0) is 5.41 Å². The number of benzene rings is 9. The van der Waals surface area contributed by atoms with Crippen LogP contribution in [0.15, 0.2) is 206 Å². The van der Waals surface area contributed by atoms with Crippen molar-refractivity contribution in [2.24, 2.45) is 11.8 Å². The number of hydrogen-bond acceptors (Lipinski definition) is 1. The van der Waals surface area contributed by atoms with Gasteiger partial charge in [0.15, 0.2) is 0 Å². The van der Waals surface area contributed by atoms with Crippen molar-refractivity contribution in [3.8, 4) is 44.5 Å². The van der Waals surface area contributed by atoms with Crippen molar-refractivity contribution in [3.63, 3.8) is 0 Å². The van der Waals surface area contributed by atoms with Gasteiger partial charge < -0.3 is 4.90 Å². The summed E-state index contributed by atoms with van der Waals surface area (Å²) in [7, 11) is 0. The molecule has 4 aliphatic carbocycles. The minimum Gasteiger partial charge on any atom is -0.310 e. The molecule has 61 heavy (non-hydrogen) atoms. The molecule has 1 heteroatoms. The number of anilines is 3. The highest BCUT2D eigenvalue weighted by Gasteiger charge is 2.51. The van der Waals surface area contributed by atoms with Crippen LogP contribution in [0, 0.1) is 11.8 Å². The third-order valence-corrected chi connectivity index (χ3v) is 15.0. The number of hydrogen-bond donors (Lipinski definition) is 0. The van der Waals surface area contributed by atoms with Gasteiger partial charge in [-0.25, -0.2) is 0 Å². The Morgan fingerprint density at radius 1 is 0.377 bits per heavy atom. The summed E-state index contributed by atoms with van der Waals surface area (Å²) in [6, 6.07) is 77.7. The van der Waals surface area contributed by atoms with Crippen molar-refractivity contribution < 1.29 is 0 Å². The standard InChI is InChI=1S/C60H45N/c1-2-12-40(13-3-1)48-19-10-14-43-15-11-20-49(59(43)48)41-26-30-45(31-27-41)61(46-32-28-42(29-33-46)53-37-39-24-25-44(53)36-39)47-34-35-58-54(38-47)52-18-6-9-23-57(52)60(58)55-21-7-4-16-50(55)51-17-5-8-22-56(51)60/h1-23,26-35,38-39,44,53H,24-25,36-37H2. The average Bonchev–Trinajstić information content (AvgIpc) is 4.11. The Hall–Kier alpha value is -6.96. The summed E-state index contributed by atoms with van der Waals surface area (Å²) in [5.41, 5.74) is 20.4. The fourth-order valence-corrected chi connectivity index (χ4v) is 12.4. The molecule has 2 fully saturated rings. The molecule has 1 spiro atoms. The van der Waals surface area contributed by atoms with Crippen LogP contribution < -0.4 is 4.90 Å². The molecular weight excluding hydrogens is 735 g/mol. The summed E-state index contributed by atoms with van der Waals surface area (Å²) in [6.45, 7) is 0. The maximum atomic E-state index is 2.48. The van der Waals surface area contributed by atoms with Crippen LogP contribution in [0.5, 0.6) is 0 Å². The Morgan fingerprint density at radius 2 is 0.885 bits per heavy atom. The van der Waals surface area contributed by atoms with E-state index in [-0.39, 0.29) is 5.41 Å². The zero-order valence-electron chi connectivity index (χ0n) is 34.1. The Balaban J connectivity index is 0.966. The van der Waals surface area contributed by atoms with Crippen molar-refractivity contribution >= 4 is 27.8 Å². The lowest BCUT2D eigenvalue weighted by atomic mass is 9.70. The Kier molecular flexibility index (Phi) is 7.73. The van der Waals surface area contributed by atoms with E-state index in [2.05, 4.69) is 211 Å². The predicted molar refractivity (Wildman–Crippen MR) is 254 cm³/mol. The van der Waals surface area contributed by atoms with Gasteiger partial charge in [-0.05, 0) is 157 Å². The van der Waals surface area contributed by atoms with Gasteiger partial charge in [-0.1, -0.05) is 176 Å². The smallest absolute Gasteiger partial charge is 0.0725 e. The predicted octanol–water partition coefficient (Wildman–Crippen LogP) is 15.9. The Bertz CT molecular complexity index is 3110. The largest absolute Gasteiger partial charge is 0.310 e. The first kappa shape index (κ1) is 34.9. The summed E-state index contributed by atoms with van der Waals surface area (Å²) in [6.07, 6.45) is 5.59. The van der Waals surface area contributed by atoms with Crippen molar-refractivity contribution in [3.05, 3.63) is 234 Å². The van der Waals surface area contributed by atoms with Gasteiger partial charge in [0, 0.05) is 17.1 Å². The molecular formula is C60H45N. The summed E-state index contributed by atoms with van der Waals surface area (Å²) in [5, 5.41) is 2.54. The molecule has 0 saturated heterocycles. The lowest BCUT2D eigenvalue weighted by molar-refractivity contribution is 0.420. The first-order valence-corrected chi connectivity index (χ1v) is 22.3. The molecule has 0 aromatic heterocycles. The molecule has 0 heterocycles. The van der Waals surface area contributed by atoms with E-state index in [0.29, 0.717) is 5.92 Å². The lowest BCUT2D eigenvalue weighted by Crippen LogP contribution is -2.25. The van der Waals surface area contributed by atoms with E-state index in [1.807, 2.05) is 0 Å². The van der Waals surface area contributed by atoms with Crippen LogP contribution in [0.2, 0.25) is 0 Å². The topological polar surface area (TPSA) is 3.24 Å². The SMILES string of the molecule is c1ccc(-c2cccc3cccc(-c4ccc(N(c5ccc(C6CC7CCC6C7)cc5)c5ccc6c(c5)-c5ccccc5C65c6ccccc6-c6ccccc65)cc4)c23)cc1. The molecule has 0 amide bonds. The van der Waals surface area contributed by atoms with Gasteiger partial charge in [-0.15, -0.1) is 0 Å². The number of rotatable bonds is 6. The highest BCUT2D eigenvalue weighted by atomic mass is 15.1. The summed E-state index contributed by atoms with van der Waals surface area (Å²) < 4.78 is 0. The summed E-state index contributed by atoms with van der Waals surface area (Å²) >= 11 is 0. The van der Waals surface area contributed by atoms with Crippen molar-refractivity contribution in [2.75, 3.05) is 4.90 Å². The zero-order valence-corrected chi connectivity index (χ0v) is 34.1. The van der Waals surface area contributed by atoms with Crippen LogP contribution in [0.3, 0.4) is 0 Å². The molecule has 1 nitrogen and oxygen atoms in total. The van der Waals surface area contributed by atoms with E-state index in [4.69, 9.17) is 0 Å². The molecule has 13 rings (SSSR count). The van der Waals surface area contributed by atoms with Crippen LogP contribution in [0.25, 0.3) is 55.3 Å². The van der Waals surface area contributed by atoms with E-state index >= 15 is 0 Å². The molecule has 2 bridgehead atoms. The fraction of sp³-hybridized carbons (Fsp3) is 0.133. The third-order valence-electron chi connectivity index (χ3n) is 15.0. The van der Waals surface area contributed by atoms with Gasteiger partial charge in [0.1, 0.15) is 0 Å². The normalized spacial score (nSPS) is 18.5. The summed E-state index contributed by atoms with van der Waals surface area (Å²) in [5.74, 6) is 2.48. The van der Waals surface area contributed by atoms with Crippen LogP contribution in [0.4, 0.5) is 17.1 Å². The lowest BCUT2D eigenvalue weighted by Gasteiger charge is -2.31. The first-order chi connectivity index (χ1) is 30.2.